The molecule has 0 bridgehead atoms. The van der Waals surface area contributed by atoms with Crippen molar-refractivity contribution in [3.05, 3.63) is 0 Å². The molecule has 0 spiro atoms. The van der Waals surface area contributed by atoms with Gasteiger partial charge in [-0.1, -0.05) is 206 Å². The molecular weight excluding hydrogens is 530 g/mol. The number of amides is 1. The van der Waals surface area contributed by atoms with Gasteiger partial charge < -0.3 is 15.5 Å². The Balaban J connectivity index is 3.42. The Labute approximate surface area is 270 Å². The van der Waals surface area contributed by atoms with Gasteiger partial charge in [0.05, 0.1) is 18.8 Å². The summed E-state index contributed by atoms with van der Waals surface area (Å²) >= 11 is 0. The van der Waals surface area contributed by atoms with Crippen molar-refractivity contribution in [2.24, 2.45) is 0 Å². The summed E-state index contributed by atoms with van der Waals surface area (Å²) in [6.07, 6.45) is 41.8. The molecule has 0 aliphatic rings. The molecule has 4 heteroatoms. The van der Waals surface area contributed by atoms with Crippen molar-refractivity contribution in [1.82, 2.24) is 5.32 Å². The topological polar surface area (TPSA) is 69.6 Å². The molecule has 258 valence electrons. The molecule has 0 fully saturated rings. The van der Waals surface area contributed by atoms with Gasteiger partial charge in [-0.3, -0.25) is 4.79 Å². The average Bonchev–Trinajstić information content (AvgIpc) is 3.01. The molecule has 0 saturated carbocycles. The molecule has 0 rings (SSSR count). The van der Waals surface area contributed by atoms with Gasteiger partial charge in [-0.25, -0.2) is 0 Å². The maximum absolute atomic E-state index is 12.3. The third-order valence-electron chi connectivity index (χ3n) is 9.37. The second-order valence-electron chi connectivity index (χ2n) is 13.7. The van der Waals surface area contributed by atoms with E-state index in [-0.39, 0.29) is 12.5 Å². The van der Waals surface area contributed by atoms with E-state index in [0.29, 0.717) is 12.8 Å². The van der Waals surface area contributed by atoms with E-state index < -0.39 is 12.1 Å². The lowest BCUT2D eigenvalue weighted by atomic mass is 10.0. The Morgan fingerprint density at radius 3 is 1.05 bits per heavy atom. The highest BCUT2D eigenvalue weighted by atomic mass is 16.3. The third-order valence-corrected chi connectivity index (χ3v) is 9.37. The van der Waals surface area contributed by atoms with E-state index in [1.165, 1.54) is 173 Å². The highest BCUT2D eigenvalue weighted by Gasteiger charge is 2.19. The molecular formula is C39H79NO3. The number of rotatable bonds is 36. The van der Waals surface area contributed by atoms with Gasteiger partial charge in [-0.2, -0.15) is 0 Å². The maximum Gasteiger partial charge on any atom is 0.220 e. The van der Waals surface area contributed by atoms with Gasteiger partial charge in [0.1, 0.15) is 0 Å². The van der Waals surface area contributed by atoms with Crippen molar-refractivity contribution in [3.8, 4) is 0 Å². The normalized spacial score (nSPS) is 12.9. The Hall–Kier alpha value is -0.610. The van der Waals surface area contributed by atoms with Crippen molar-refractivity contribution in [2.45, 2.75) is 238 Å². The molecule has 0 aromatic rings. The second kappa shape index (κ2) is 35.9. The highest BCUT2D eigenvalue weighted by molar-refractivity contribution is 5.76. The lowest BCUT2D eigenvalue weighted by Crippen LogP contribution is -2.45. The van der Waals surface area contributed by atoms with Crippen LogP contribution < -0.4 is 5.32 Å². The van der Waals surface area contributed by atoms with E-state index in [9.17, 15) is 15.0 Å². The molecule has 43 heavy (non-hydrogen) atoms. The van der Waals surface area contributed by atoms with Gasteiger partial charge in [0.15, 0.2) is 0 Å². The van der Waals surface area contributed by atoms with Crippen LogP contribution in [0.4, 0.5) is 0 Å². The summed E-state index contributed by atoms with van der Waals surface area (Å²) in [7, 11) is 0. The summed E-state index contributed by atoms with van der Waals surface area (Å²) in [6, 6.07) is -0.527. The fraction of sp³-hybridized carbons (Fsp3) is 0.974. The minimum atomic E-state index is -0.650. The van der Waals surface area contributed by atoms with Crippen LogP contribution in [0.1, 0.15) is 226 Å². The van der Waals surface area contributed by atoms with Crippen LogP contribution in [0.15, 0.2) is 0 Å². The predicted octanol–water partition coefficient (Wildman–Crippen LogP) is 11.7. The summed E-state index contributed by atoms with van der Waals surface area (Å²) in [5.41, 5.74) is 0. The van der Waals surface area contributed by atoms with Crippen LogP contribution in [0, 0.1) is 0 Å². The molecule has 0 aromatic carbocycles. The van der Waals surface area contributed by atoms with Crippen molar-refractivity contribution in [1.29, 1.82) is 0 Å². The summed E-state index contributed by atoms with van der Waals surface area (Å²) in [4.78, 5) is 12.3. The first kappa shape index (κ1) is 42.4. The summed E-state index contributed by atoms with van der Waals surface area (Å²) in [5, 5.41) is 23.0. The third kappa shape index (κ3) is 32.6. The van der Waals surface area contributed by atoms with Crippen LogP contribution in [0.2, 0.25) is 0 Å². The predicted molar refractivity (Wildman–Crippen MR) is 189 cm³/mol. The van der Waals surface area contributed by atoms with Gasteiger partial charge in [0.2, 0.25) is 5.91 Å². The van der Waals surface area contributed by atoms with Crippen molar-refractivity contribution in [3.63, 3.8) is 0 Å². The Kier molecular flexibility index (Phi) is 35.4. The van der Waals surface area contributed by atoms with E-state index in [4.69, 9.17) is 0 Å². The van der Waals surface area contributed by atoms with Crippen LogP contribution in [-0.2, 0) is 4.79 Å². The summed E-state index contributed by atoms with van der Waals surface area (Å²) < 4.78 is 0. The molecule has 0 heterocycles. The molecule has 2 unspecified atom stereocenters. The fourth-order valence-corrected chi connectivity index (χ4v) is 6.30. The minimum absolute atomic E-state index is 0.0293. The molecule has 0 aromatic heterocycles. The number of aliphatic hydroxyl groups excluding tert-OH is 2. The first-order chi connectivity index (χ1) is 21.2. The number of nitrogens with one attached hydrogen (secondary N) is 1. The maximum atomic E-state index is 12.3. The number of hydrogen-bond acceptors (Lipinski definition) is 3. The molecule has 0 saturated heterocycles. The molecule has 4 nitrogen and oxygen atoms in total. The first-order valence-corrected chi connectivity index (χ1v) is 19.7. The molecule has 2 atom stereocenters. The van der Waals surface area contributed by atoms with Gasteiger partial charge in [-0.15, -0.1) is 0 Å². The summed E-state index contributed by atoms with van der Waals surface area (Å²) in [6.45, 7) is 4.35. The number of carbonyl (C=O) groups is 1. The smallest absolute Gasteiger partial charge is 0.220 e. The van der Waals surface area contributed by atoms with E-state index in [0.717, 1.165) is 25.7 Å². The highest BCUT2D eigenvalue weighted by Crippen LogP contribution is 2.16. The van der Waals surface area contributed by atoms with Crippen LogP contribution in [0.25, 0.3) is 0 Å². The summed E-state index contributed by atoms with van der Waals surface area (Å²) in [5.74, 6) is -0.0293. The van der Waals surface area contributed by atoms with Gasteiger partial charge >= 0.3 is 0 Å². The number of hydrogen-bond donors (Lipinski definition) is 3. The largest absolute Gasteiger partial charge is 0.394 e. The minimum Gasteiger partial charge on any atom is -0.394 e. The Bertz CT molecular complexity index is 541. The standard InChI is InChI=1S/C39H79NO3/c1-3-5-7-9-11-13-14-15-16-17-18-19-20-21-22-23-24-25-27-29-31-33-35-39(43)40-37(36-41)38(42)34-32-30-28-26-12-10-8-6-4-2/h37-38,41-42H,3-36H2,1-2H3,(H,40,43). The lowest BCUT2D eigenvalue weighted by Gasteiger charge is -2.22. The molecule has 3 N–H and O–H groups in total. The number of aliphatic hydroxyl groups is 2. The quantitative estimate of drug-likeness (QED) is 0.0619. The Morgan fingerprint density at radius 2 is 0.744 bits per heavy atom. The zero-order valence-corrected chi connectivity index (χ0v) is 29.5. The Morgan fingerprint density at radius 1 is 0.465 bits per heavy atom. The van der Waals surface area contributed by atoms with Crippen LogP contribution in [0.3, 0.4) is 0 Å². The second-order valence-corrected chi connectivity index (χ2v) is 13.7. The monoisotopic (exact) mass is 610 g/mol. The van der Waals surface area contributed by atoms with Gasteiger partial charge in [0.25, 0.3) is 0 Å². The molecule has 0 radical (unpaired) electrons. The average molecular weight is 610 g/mol. The molecule has 0 aliphatic carbocycles. The van der Waals surface area contributed by atoms with E-state index in [1.54, 1.807) is 0 Å². The fourth-order valence-electron chi connectivity index (χ4n) is 6.30. The zero-order chi connectivity index (χ0) is 31.5. The molecule has 1 amide bonds. The number of unbranched alkanes of at least 4 members (excludes halogenated alkanes) is 29. The van der Waals surface area contributed by atoms with Gasteiger partial charge in [-0.05, 0) is 12.8 Å². The lowest BCUT2D eigenvalue weighted by molar-refractivity contribution is -0.123. The number of carbonyl (C=O) groups excluding carboxylic acids is 1. The van der Waals surface area contributed by atoms with E-state index in [1.807, 2.05) is 0 Å². The van der Waals surface area contributed by atoms with Gasteiger partial charge in [0, 0.05) is 6.42 Å². The van der Waals surface area contributed by atoms with Crippen molar-refractivity contribution >= 4 is 5.91 Å². The van der Waals surface area contributed by atoms with E-state index in [2.05, 4.69) is 19.2 Å². The molecule has 0 aliphatic heterocycles. The van der Waals surface area contributed by atoms with Crippen molar-refractivity contribution in [2.75, 3.05) is 6.61 Å². The van der Waals surface area contributed by atoms with Crippen LogP contribution >= 0.6 is 0 Å². The van der Waals surface area contributed by atoms with E-state index >= 15 is 0 Å². The SMILES string of the molecule is CCCCCCCCCCCCCCCCCCCCCCCCC(=O)NC(CO)C(O)CCCCCCCCCCC. The zero-order valence-electron chi connectivity index (χ0n) is 29.5. The first-order valence-electron chi connectivity index (χ1n) is 19.7. The van der Waals surface area contributed by atoms with Crippen LogP contribution in [0.5, 0.6) is 0 Å². The van der Waals surface area contributed by atoms with Crippen molar-refractivity contribution < 1.29 is 15.0 Å². The van der Waals surface area contributed by atoms with Crippen LogP contribution in [-0.4, -0.2) is 34.9 Å².